The summed E-state index contributed by atoms with van der Waals surface area (Å²) in [4.78, 5) is 23.5. The van der Waals surface area contributed by atoms with Gasteiger partial charge in [0.25, 0.3) is 0 Å². The number of aldehydes is 1. The molecule has 1 aromatic rings. The molecule has 0 bridgehead atoms. The summed E-state index contributed by atoms with van der Waals surface area (Å²) >= 11 is 4.36. The van der Waals surface area contributed by atoms with Crippen LogP contribution in [0.4, 0.5) is 0 Å². The largest absolute Gasteiger partial charge is 0.492 e. The van der Waals surface area contributed by atoms with Crippen LogP contribution in [0.1, 0.15) is 32.7 Å². The molecule has 0 amide bonds. The van der Waals surface area contributed by atoms with Gasteiger partial charge in [-0.1, -0.05) is 37.0 Å². The van der Waals surface area contributed by atoms with Gasteiger partial charge in [-0.3, -0.25) is 9.59 Å². The van der Waals surface area contributed by atoms with Crippen molar-refractivity contribution in [1.82, 2.24) is 0 Å². The fourth-order valence-electron chi connectivity index (χ4n) is 1.98. The first-order valence-electron chi connectivity index (χ1n) is 6.16. The molecule has 0 spiro atoms. The third-order valence-electron chi connectivity index (χ3n) is 2.94. The lowest BCUT2D eigenvalue weighted by Crippen LogP contribution is -2.17. The van der Waals surface area contributed by atoms with Gasteiger partial charge in [0.15, 0.2) is 12.1 Å². The van der Waals surface area contributed by atoms with Crippen LogP contribution in [0.5, 0.6) is 5.75 Å². The Balaban J connectivity index is 2.58. The summed E-state index contributed by atoms with van der Waals surface area (Å²) in [6.45, 7) is 3.93. The Morgan fingerprint density at radius 2 is 2.10 bits per heavy atom. The zero-order chi connectivity index (χ0) is 14.5. The Kier molecular flexibility index (Phi) is 4.58. The summed E-state index contributed by atoms with van der Waals surface area (Å²) in [7, 11) is 0. The molecule has 0 saturated carbocycles. The Morgan fingerprint density at radius 3 is 2.80 bits per heavy atom. The number of hydrogen-bond acceptors (Lipinski definition) is 4. The number of benzene rings is 1. The summed E-state index contributed by atoms with van der Waals surface area (Å²) < 4.78 is 5.58. The Morgan fingerprint density at radius 1 is 1.30 bits per heavy atom. The maximum Gasteiger partial charge on any atom is 0.170 e. The van der Waals surface area contributed by atoms with E-state index in [1.165, 1.54) is 0 Å². The second-order valence-corrected chi connectivity index (χ2v) is 4.67. The first kappa shape index (κ1) is 14.3. The molecule has 0 fully saturated rings. The summed E-state index contributed by atoms with van der Waals surface area (Å²) in [5, 5.41) is 0. The summed E-state index contributed by atoms with van der Waals surface area (Å²) in [5.41, 5.74) is 1.48. The van der Waals surface area contributed by atoms with Crippen molar-refractivity contribution in [2.24, 2.45) is 0 Å². The van der Waals surface area contributed by atoms with Gasteiger partial charge < -0.3 is 4.74 Å². The Bertz CT molecular complexity index is 627. The molecule has 0 atom stereocenters. The van der Waals surface area contributed by atoms with Gasteiger partial charge in [-0.15, -0.1) is 12.6 Å². The number of carbonyl (C=O) groups excluding carboxylic acids is 2. The van der Waals surface area contributed by atoms with Crippen molar-refractivity contribution >= 4 is 30.8 Å². The fraction of sp³-hybridized carbons (Fsp3) is 0.125. The average molecular weight is 286 g/mol. The molecule has 20 heavy (non-hydrogen) atoms. The van der Waals surface area contributed by atoms with Crippen LogP contribution < -0.4 is 4.74 Å². The van der Waals surface area contributed by atoms with Crippen molar-refractivity contribution in [3.05, 3.63) is 53.6 Å². The van der Waals surface area contributed by atoms with Crippen LogP contribution in [0.25, 0.3) is 6.08 Å². The predicted molar refractivity (Wildman–Crippen MR) is 81.9 cm³/mol. The van der Waals surface area contributed by atoms with E-state index in [1.54, 1.807) is 36.4 Å². The molecule has 0 aliphatic carbocycles. The van der Waals surface area contributed by atoms with Crippen molar-refractivity contribution in [1.29, 1.82) is 0 Å². The lowest BCUT2D eigenvalue weighted by Gasteiger charge is -2.20. The van der Waals surface area contributed by atoms with Crippen molar-refractivity contribution in [3.63, 3.8) is 0 Å². The van der Waals surface area contributed by atoms with Crippen LogP contribution in [0.3, 0.4) is 0 Å². The number of thiol groups is 1. The molecule has 1 aliphatic heterocycles. The predicted octanol–water partition coefficient (Wildman–Crippen LogP) is 3.51. The van der Waals surface area contributed by atoms with E-state index in [4.69, 9.17) is 4.74 Å². The zero-order valence-corrected chi connectivity index (χ0v) is 11.7. The lowest BCUT2D eigenvalue weighted by atomic mass is 9.97. The van der Waals surface area contributed by atoms with E-state index in [2.05, 4.69) is 19.2 Å². The number of carbonyl (C=O) groups is 2. The first-order chi connectivity index (χ1) is 9.69. The van der Waals surface area contributed by atoms with Crippen LogP contribution in [0.15, 0.2) is 41.8 Å². The molecule has 0 saturated heterocycles. The molecule has 102 valence electrons. The second kappa shape index (κ2) is 6.39. The van der Waals surface area contributed by atoms with Gasteiger partial charge in [-0.2, -0.15) is 0 Å². The van der Waals surface area contributed by atoms with E-state index in [0.29, 0.717) is 46.6 Å². The molecule has 3 nitrogen and oxygen atoms in total. The van der Waals surface area contributed by atoms with E-state index in [0.717, 1.165) is 0 Å². The van der Waals surface area contributed by atoms with Crippen LogP contribution in [-0.2, 0) is 0 Å². The van der Waals surface area contributed by atoms with Crippen LogP contribution >= 0.6 is 12.6 Å². The summed E-state index contributed by atoms with van der Waals surface area (Å²) in [6, 6.07) is 1.54. The van der Waals surface area contributed by atoms with Crippen LogP contribution in [-0.4, -0.2) is 18.7 Å². The average Bonchev–Trinajstić information content (AvgIpc) is 2.45. The molecular formula is C16H14O3S. The highest BCUT2D eigenvalue weighted by Crippen LogP contribution is 2.36. The van der Waals surface area contributed by atoms with Gasteiger partial charge in [0, 0.05) is 22.4 Å². The Hall–Kier alpha value is -2.07. The van der Waals surface area contributed by atoms with Crippen LogP contribution in [0, 0.1) is 0 Å². The topological polar surface area (TPSA) is 43.4 Å². The SMILES string of the molecule is C=CC=CC=Cc1c(S)c(C=O)cc2c1OCCC2=O. The van der Waals surface area contributed by atoms with Crippen molar-refractivity contribution in [2.75, 3.05) is 6.61 Å². The molecule has 0 unspecified atom stereocenters. The third kappa shape index (κ3) is 2.75. The van der Waals surface area contributed by atoms with Gasteiger partial charge in [-0.05, 0) is 6.07 Å². The molecule has 2 rings (SSSR count). The summed E-state index contributed by atoms with van der Waals surface area (Å²) in [5.74, 6) is 0.485. The van der Waals surface area contributed by atoms with Crippen molar-refractivity contribution < 1.29 is 14.3 Å². The molecule has 1 aromatic carbocycles. The van der Waals surface area contributed by atoms with Gasteiger partial charge in [0.2, 0.25) is 0 Å². The lowest BCUT2D eigenvalue weighted by molar-refractivity contribution is 0.0933. The zero-order valence-electron chi connectivity index (χ0n) is 10.8. The molecular weight excluding hydrogens is 272 g/mol. The molecule has 1 aliphatic rings. The van der Waals surface area contributed by atoms with Crippen LogP contribution in [0.2, 0.25) is 0 Å². The minimum Gasteiger partial charge on any atom is -0.492 e. The highest BCUT2D eigenvalue weighted by Gasteiger charge is 2.24. The van der Waals surface area contributed by atoms with E-state index >= 15 is 0 Å². The van der Waals surface area contributed by atoms with E-state index in [9.17, 15) is 9.59 Å². The van der Waals surface area contributed by atoms with E-state index < -0.39 is 0 Å². The molecule has 0 radical (unpaired) electrons. The maximum atomic E-state index is 11.9. The smallest absolute Gasteiger partial charge is 0.170 e. The molecule has 1 heterocycles. The van der Waals surface area contributed by atoms with Gasteiger partial charge >= 0.3 is 0 Å². The number of allylic oxidation sites excluding steroid dienone is 4. The fourth-order valence-corrected chi connectivity index (χ4v) is 2.27. The molecule has 0 aromatic heterocycles. The number of rotatable bonds is 4. The normalized spacial score (nSPS) is 14.3. The highest BCUT2D eigenvalue weighted by molar-refractivity contribution is 7.80. The van der Waals surface area contributed by atoms with Gasteiger partial charge in [-0.25, -0.2) is 0 Å². The quantitative estimate of drug-likeness (QED) is 0.523. The maximum absolute atomic E-state index is 11.9. The monoisotopic (exact) mass is 286 g/mol. The highest BCUT2D eigenvalue weighted by atomic mass is 32.1. The van der Waals surface area contributed by atoms with Gasteiger partial charge in [0.1, 0.15) is 5.75 Å². The Labute approximate surface area is 123 Å². The van der Waals surface area contributed by atoms with E-state index in [1.807, 2.05) is 0 Å². The number of Topliss-reactive ketones (excluding diaryl/α,β-unsaturated/α-hetero) is 1. The molecule has 4 heteroatoms. The first-order valence-corrected chi connectivity index (χ1v) is 6.60. The summed E-state index contributed by atoms with van der Waals surface area (Å²) in [6.07, 6.45) is 9.81. The number of ketones is 1. The standard InChI is InChI=1S/C16H14O3S/c1-2-3-4-5-6-12-15-13(14(18)7-8-19-15)9-11(10-17)16(12)20/h2-6,9-10,20H,1,7-8H2. The van der Waals surface area contributed by atoms with Gasteiger partial charge in [0.05, 0.1) is 12.2 Å². The van der Waals surface area contributed by atoms with Crippen molar-refractivity contribution in [2.45, 2.75) is 11.3 Å². The van der Waals surface area contributed by atoms with Crippen molar-refractivity contribution in [3.8, 4) is 5.75 Å². The number of fused-ring (bicyclic) bond motifs is 1. The minimum atomic E-state index is -0.0148. The second-order valence-electron chi connectivity index (χ2n) is 4.22. The third-order valence-corrected chi connectivity index (χ3v) is 3.44. The minimum absolute atomic E-state index is 0.0148. The number of hydrogen-bond donors (Lipinski definition) is 1. The number of ether oxygens (including phenoxy) is 1. The molecule has 0 N–H and O–H groups in total. The van der Waals surface area contributed by atoms with E-state index in [-0.39, 0.29) is 5.78 Å².